The van der Waals surface area contributed by atoms with Crippen molar-refractivity contribution in [2.45, 2.75) is 57.0 Å². The van der Waals surface area contributed by atoms with Gasteiger partial charge in [0.05, 0.1) is 0 Å². The predicted octanol–water partition coefficient (Wildman–Crippen LogP) is 2.91. The fraction of sp³-hybridized carbons (Fsp3) is 0.682. The lowest BCUT2D eigenvalue weighted by atomic mass is 9.74. The Morgan fingerprint density at radius 1 is 1.21 bits per heavy atom. The van der Waals surface area contributed by atoms with Gasteiger partial charge in [-0.3, -0.25) is 4.99 Å². The minimum atomic E-state index is -0.191. The van der Waals surface area contributed by atoms with E-state index < -0.39 is 0 Å². The van der Waals surface area contributed by atoms with E-state index in [-0.39, 0.29) is 11.2 Å². The lowest BCUT2D eigenvalue weighted by Crippen LogP contribution is -2.52. The molecule has 1 aromatic carbocycles. The van der Waals surface area contributed by atoms with Crippen molar-refractivity contribution in [3.63, 3.8) is 0 Å². The first kappa shape index (κ1) is 21.1. The molecule has 5 nitrogen and oxygen atoms in total. The molecule has 0 spiro atoms. The summed E-state index contributed by atoms with van der Waals surface area (Å²) in [5.41, 5.74) is 1.12. The van der Waals surface area contributed by atoms with Crippen molar-refractivity contribution >= 4 is 5.96 Å². The second-order valence-electron chi connectivity index (χ2n) is 8.37. The van der Waals surface area contributed by atoms with E-state index in [1.807, 2.05) is 19.2 Å². The summed E-state index contributed by atoms with van der Waals surface area (Å²) < 4.78 is 19.0. The monoisotopic (exact) mass is 390 g/mol. The quantitative estimate of drug-likeness (QED) is 0.600. The SMILES string of the molecule is CN=C(NCC1(c2ccc(F)cc2)CCOCC1)NC1CCN(C(C)C)CC1. The number of rotatable bonds is 5. The molecule has 1 aromatic rings. The molecule has 0 aromatic heterocycles. The van der Waals surface area contributed by atoms with E-state index >= 15 is 0 Å². The van der Waals surface area contributed by atoms with Gasteiger partial charge in [-0.1, -0.05) is 12.1 Å². The maximum absolute atomic E-state index is 13.4. The zero-order valence-electron chi connectivity index (χ0n) is 17.5. The number of halogens is 1. The van der Waals surface area contributed by atoms with Crippen LogP contribution in [0.4, 0.5) is 4.39 Å². The van der Waals surface area contributed by atoms with Crippen LogP contribution in [-0.2, 0) is 10.2 Å². The summed E-state index contributed by atoms with van der Waals surface area (Å²) in [6, 6.07) is 8.02. The van der Waals surface area contributed by atoms with Crippen LogP contribution in [0, 0.1) is 5.82 Å². The zero-order chi connectivity index (χ0) is 20.0. The lowest BCUT2D eigenvalue weighted by Gasteiger charge is -2.39. The normalized spacial score (nSPS) is 21.7. The molecule has 3 rings (SSSR count). The number of ether oxygens (including phenoxy) is 1. The second-order valence-corrected chi connectivity index (χ2v) is 8.37. The number of aliphatic imine (C=N–C) groups is 1. The van der Waals surface area contributed by atoms with Crippen LogP contribution < -0.4 is 10.6 Å². The fourth-order valence-electron chi connectivity index (χ4n) is 4.33. The summed E-state index contributed by atoms with van der Waals surface area (Å²) in [5.74, 6) is 0.667. The van der Waals surface area contributed by atoms with Crippen LogP contribution in [-0.4, -0.2) is 62.8 Å². The Hall–Kier alpha value is -1.66. The number of guanidine groups is 1. The van der Waals surface area contributed by atoms with Crippen LogP contribution >= 0.6 is 0 Å². The van der Waals surface area contributed by atoms with Gasteiger partial charge >= 0.3 is 0 Å². The summed E-state index contributed by atoms with van der Waals surface area (Å²) in [5, 5.41) is 7.15. The first-order valence-electron chi connectivity index (χ1n) is 10.6. The van der Waals surface area contributed by atoms with Gasteiger partial charge in [0.2, 0.25) is 0 Å². The van der Waals surface area contributed by atoms with E-state index in [2.05, 4.69) is 34.4 Å². The summed E-state index contributed by atoms with van der Waals surface area (Å²) >= 11 is 0. The van der Waals surface area contributed by atoms with Crippen molar-refractivity contribution in [3.05, 3.63) is 35.6 Å². The largest absolute Gasteiger partial charge is 0.381 e. The standard InChI is InChI=1S/C22H35FN4O/c1-17(2)27-12-8-20(9-13-27)26-21(24-3)25-16-22(10-14-28-15-11-22)18-4-6-19(23)7-5-18/h4-7,17,20H,8-16H2,1-3H3,(H2,24,25,26). The molecule has 2 heterocycles. The number of hydrogen-bond acceptors (Lipinski definition) is 3. The maximum Gasteiger partial charge on any atom is 0.191 e. The van der Waals surface area contributed by atoms with Gasteiger partial charge < -0.3 is 20.3 Å². The molecule has 2 aliphatic rings. The Morgan fingerprint density at radius 3 is 2.43 bits per heavy atom. The van der Waals surface area contributed by atoms with Crippen molar-refractivity contribution in [2.75, 3.05) is 39.9 Å². The predicted molar refractivity (Wildman–Crippen MR) is 112 cm³/mol. The highest BCUT2D eigenvalue weighted by molar-refractivity contribution is 5.80. The number of benzene rings is 1. The molecule has 0 bridgehead atoms. The van der Waals surface area contributed by atoms with E-state index in [9.17, 15) is 4.39 Å². The van der Waals surface area contributed by atoms with E-state index in [1.54, 1.807) is 12.1 Å². The molecule has 156 valence electrons. The summed E-state index contributed by atoms with van der Waals surface area (Å²) in [6.07, 6.45) is 4.12. The highest BCUT2D eigenvalue weighted by Gasteiger charge is 2.35. The molecule has 2 saturated heterocycles. The Kier molecular flexibility index (Phi) is 7.30. The molecule has 0 amide bonds. The molecule has 0 radical (unpaired) electrons. The van der Waals surface area contributed by atoms with Crippen molar-refractivity contribution in [1.82, 2.24) is 15.5 Å². The van der Waals surface area contributed by atoms with Gasteiger partial charge in [0.25, 0.3) is 0 Å². The van der Waals surface area contributed by atoms with Crippen LogP contribution in [0.2, 0.25) is 0 Å². The molecule has 2 N–H and O–H groups in total. The topological polar surface area (TPSA) is 48.9 Å². The van der Waals surface area contributed by atoms with Crippen LogP contribution in [0.25, 0.3) is 0 Å². The zero-order valence-corrected chi connectivity index (χ0v) is 17.5. The van der Waals surface area contributed by atoms with Crippen LogP contribution in [0.1, 0.15) is 45.1 Å². The third-order valence-corrected chi connectivity index (χ3v) is 6.33. The Labute approximate surface area is 168 Å². The summed E-state index contributed by atoms with van der Waals surface area (Å²) in [6.45, 7) is 9.02. The van der Waals surface area contributed by atoms with Crippen molar-refractivity contribution in [3.8, 4) is 0 Å². The second kappa shape index (κ2) is 9.70. The van der Waals surface area contributed by atoms with Crippen molar-refractivity contribution in [1.29, 1.82) is 0 Å². The number of nitrogens with zero attached hydrogens (tertiary/aromatic N) is 2. The summed E-state index contributed by atoms with van der Waals surface area (Å²) in [7, 11) is 1.83. The molecular weight excluding hydrogens is 355 g/mol. The van der Waals surface area contributed by atoms with E-state index in [0.717, 1.165) is 64.5 Å². The minimum Gasteiger partial charge on any atom is -0.381 e. The van der Waals surface area contributed by atoms with Gasteiger partial charge in [0.1, 0.15) is 5.82 Å². The number of piperidine rings is 1. The van der Waals surface area contributed by atoms with E-state index in [1.165, 1.54) is 5.56 Å². The number of hydrogen-bond donors (Lipinski definition) is 2. The molecule has 2 aliphatic heterocycles. The Bertz CT molecular complexity index is 632. The molecule has 0 saturated carbocycles. The van der Waals surface area contributed by atoms with Crippen molar-refractivity contribution in [2.24, 2.45) is 4.99 Å². The average molecular weight is 391 g/mol. The average Bonchev–Trinajstić information content (AvgIpc) is 2.72. The van der Waals surface area contributed by atoms with Crippen LogP contribution in [0.5, 0.6) is 0 Å². The van der Waals surface area contributed by atoms with Gasteiger partial charge in [-0.15, -0.1) is 0 Å². The highest BCUT2D eigenvalue weighted by atomic mass is 19.1. The molecule has 0 aliphatic carbocycles. The van der Waals surface area contributed by atoms with Gasteiger partial charge in [-0.25, -0.2) is 4.39 Å². The van der Waals surface area contributed by atoms with Gasteiger partial charge in [-0.2, -0.15) is 0 Å². The third kappa shape index (κ3) is 5.23. The molecule has 28 heavy (non-hydrogen) atoms. The third-order valence-electron chi connectivity index (χ3n) is 6.33. The number of nitrogens with one attached hydrogen (secondary N) is 2. The van der Waals surface area contributed by atoms with Gasteiger partial charge in [0.15, 0.2) is 5.96 Å². The molecule has 6 heteroatoms. The molecular formula is C22H35FN4O. The van der Waals surface area contributed by atoms with Crippen LogP contribution in [0.3, 0.4) is 0 Å². The maximum atomic E-state index is 13.4. The number of likely N-dealkylation sites (tertiary alicyclic amines) is 1. The van der Waals surface area contributed by atoms with Gasteiger partial charge in [-0.05, 0) is 57.2 Å². The first-order valence-corrected chi connectivity index (χ1v) is 10.6. The van der Waals surface area contributed by atoms with E-state index in [0.29, 0.717) is 12.1 Å². The molecule has 2 fully saturated rings. The van der Waals surface area contributed by atoms with Crippen molar-refractivity contribution < 1.29 is 9.13 Å². The lowest BCUT2D eigenvalue weighted by molar-refractivity contribution is 0.0513. The van der Waals surface area contributed by atoms with Crippen LogP contribution in [0.15, 0.2) is 29.3 Å². The molecule has 0 unspecified atom stereocenters. The molecule has 0 atom stereocenters. The van der Waals surface area contributed by atoms with E-state index in [4.69, 9.17) is 4.74 Å². The smallest absolute Gasteiger partial charge is 0.191 e. The first-order chi connectivity index (χ1) is 13.5. The Balaban J connectivity index is 1.59. The summed E-state index contributed by atoms with van der Waals surface area (Å²) in [4.78, 5) is 6.98. The van der Waals surface area contributed by atoms with Gasteiger partial charge in [0, 0.05) is 57.4 Å². The Morgan fingerprint density at radius 2 is 1.86 bits per heavy atom. The highest BCUT2D eigenvalue weighted by Crippen LogP contribution is 2.34. The fourth-order valence-corrected chi connectivity index (χ4v) is 4.33. The minimum absolute atomic E-state index is 0.0510.